The molecule has 0 heterocycles. The normalized spacial score (nSPS) is 10.2. The number of nitrogens with zero attached hydrogens (tertiary/aromatic N) is 1. The molecule has 4 nitrogen and oxygen atoms in total. The summed E-state index contributed by atoms with van der Waals surface area (Å²) in [5.74, 6) is -0.0785. The molecule has 1 aromatic rings. The number of rotatable bonds is 5. The van der Waals surface area contributed by atoms with Crippen molar-refractivity contribution in [1.29, 1.82) is 5.26 Å². The van der Waals surface area contributed by atoms with E-state index in [1.165, 1.54) is 0 Å². The number of aryl methyl sites for hydroxylation is 1. The Labute approximate surface area is 108 Å². The van der Waals surface area contributed by atoms with Gasteiger partial charge < -0.3 is 10.6 Å². The van der Waals surface area contributed by atoms with Crippen molar-refractivity contribution in [3.8, 4) is 6.07 Å². The zero-order valence-corrected chi connectivity index (χ0v) is 11.1. The van der Waals surface area contributed by atoms with E-state index in [4.69, 9.17) is 5.26 Å². The fourth-order valence-corrected chi connectivity index (χ4v) is 1.61. The van der Waals surface area contributed by atoms with Crippen LogP contribution in [0.2, 0.25) is 0 Å². The lowest BCUT2D eigenvalue weighted by molar-refractivity contribution is -0.116. The Hall–Kier alpha value is -1.86. The van der Waals surface area contributed by atoms with E-state index in [9.17, 15) is 4.79 Å². The van der Waals surface area contributed by atoms with Gasteiger partial charge >= 0.3 is 0 Å². The molecule has 0 aliphatic rings. The van der Waals surface area contributed by atoms with Gasteiger partial charge in [-0.3, -0.25) is 4.79 Å². The van der Waals surface area contributed by atoms with Gasteiger partial charge in [0.1, 0.15) is 6.07 Å². The van der Waals surface area contributed by atoms with Gasteiger partial charge in [0.15, 0.2) is 0 Å². The molecule has 0 unspecified atom stereocenters. The number of anilines is 1. The van der Waals surface area contributed by atoms with E-state index < -0.39 is 0 Å². The Morgan fingerprint density at radius 1 is 1.44 bits per heavy atom. The van der Waals surface area contributed by atoms with Gasteiger partial charge in [-0.05, 0) is 18.6 Å². The van der Waals surface area contributed by atoms with E-state index >= 15 is 0 Å². The highest BCUT2D eigenvalue weighted by atomic mass is 16.1. The van der Waals surface area contributed by atoms with Crippen LogP contribution in [0.5, 0.6) is 0 Å². The lowest BCUT2D eigenvalue weighted by atomic mass is 10.1. The topological polar surface area (TPSA) is 64.9 Å². The summed E-state index contributed by atoms with van der Waals surface area (Å²) in [5.41, 5.74) is 1.99. The second kappa shape index (κ2) is 6.77. The van der Waals surface area contributed by atoms with Gasteiger partial charge in [-0.25, -0.2) is 0 Å². The first-order valence-electron chi connectivity index (χ1n) is 6.07. The van der Waals surface area contributed by atoms with Crippen LogP contribution >= 0.6 is 0 Å². The number of carbonyl (C=O) groups is 1. The van der Waals surface area contributed by atoms with Crippen LogP contribution < -0.4 is 10.6 Å². The maximum absolute atomic E-state index is 11.7. The van der Waals surface area contributed by atoms with Crippen molar-refractivity contribution in [3.63, 3.8) is 0 Å². The van der Waals surface area contributed by atoms with Gasteiger partial charge in [0, 0.05) is 19.0 Å². The van der Waals surface area contributed by atoms with Crippen LogP contribution in [0.25, 0.3) is 0 Å². The van der Waals surface area contributed by atoms with Gasteiger partial charge in [0.05, 0.1) is 11.3 Å². The molecule has 0 aliphatic carbocycles. The standard InChI is InChI=1S/C14H19N3O/c1-10(2)16-8-7-14(18)17-13-6-4-5-11(3)12(13)9-15/h4-6,10,16H,7-8H2,1-3H3,(H,17,18). The fourth-order valence-electron chi connectivity index (χ4n) is 1.61. The molecule has 2 N–H and O–H groups in total. The van der Waals surface area contributed by atoms with E-state index in [-0.39, 0.29) is 5.91 Å². The zero-order valence-electron chi connectivity index (χ0n) is 11.1. The van der Waals surface area contributed by atoms with Crippen LogP contribution in [0.15, 0.2) is 18.2 Å². The Morgan fingerprint density at radius 3 is 2.78 bits per heavy atom. The van der Waals surface area contributed by atoms with Gasteiger partial charge in [-0.2, -0.15) is 5.26 Å². The average Bonchev–Trinajstić information content (AvgIpc) is 2.28. The molecule has 1 rings (SSSR count). The Morgan fingerprint density at radius 2 is 2.17 bits per heavy atom. The first-order chi connectivity index (χ1) is 8.54. The van der Waals surface area contributed by atoms with Crippen molar-refractivity contribution in [2.45, 2.75) is 33.2 Å². The second-order valence-electron chi connectivity index (χ2n) is 4.52. The van der Waals surface area contributed by atoms with E-state index in [1.807, 2.05) is 32.9 Å². The first kappa shape index (κ1) is 14.2. The van der Waals surface area contributed by atoms with Gasteiger partial charge in [0.2, 0.25) is 5.91 Å². The van der Waals surface area contributed by atoms with E-state index in [0.717, 1.165) is 5.56 Å². The summed E-state index contributed by atoms with van der Waals surface area (Å²) >= 11 is 0. The lowest BCUT2D eigenvalue weighted by Gasteiger charge is -2.10. The van der Waals surface area contributed by atoms with E-state index in [1.54, 1.807) is 6.07 Å². The molecular weight excluding hydrogens is 226 g/mol. The predicted molar refractivity (Wildman–Crippen MR) is 72.3 cm³/mol. The number of hydrogen-bond donors (Lipinski definition) is 2. The summed E-state index contributed by atoms with van der Waals surface area (Å²) < 4.78 is 0. The molecule has 18 heavy (non-hydrogen) atoms. The minimum absolute atomic E-state index is 0.0785. The van der Waals surface area contributed by atoms with Gasteiger partial charge in [-0.1, -0.05) is 26.0 Å². The van der Waals surface area contributed by atoms with E-state index in [0.29, 0.717) is 30.3 Å². The monoisotopic (exact) mass is 245 g/mol. The molecule has 0 bridgehead atoms. The van der Waals surface area contributed by atoms with E-state index in [2.05, 4.69) is 16.7 Å². The second-order valence-corrected chi connectivity index (χ2v) is 4.52. The summed E-state index contributed by atoms with van der Waals surface area (Å²) in [6, 6.07) is 7.92. The molecule has 4 heteroatoms. The largest absolute Gasteiger partial charge is 0.325 e. The van der Waals surface area contributed by atoms with Crippen LogP contribution in [0.4, 0.5) is 5.69 Å². The van der Waals surface area contributed by atoms with Crippen molar-refractivity contribution >= 4 is 11.6 Å². The Bertz CT molecular complexity index is 461. The molecule has 1 amide bonds. The highest BCUT2D eigenvalue weighted by Gasteiger charge is 2.08. The smallest absolute Gasteiger partial charge is 0.225 e. The SMILES string of the molecule is Cc1cccc(NC(=O)CCNC(C)C)c1C#N. The predicted octanol–water partition coefficient (Wildman–Crippen LogP) is 2.19. The van der Waals surface area contributed by atoms with Gasteiger partial charge in [0.25, 0.3) is 0 Å². The summed E-state index contributed by atoms with van der Waals surface area (Å²) in [6.45, 7) is 6.56. The van der Waals surface area contributed by atoms with Crippen LogP contribution in [-0.4, -0.2) is 18.5 Å². The quantitative estimate of drug-likeness (QED) is 0.835. The fraction of sp³-hybridized carbons (Fsp3) is 0.429. The third-order valence-electron chi connectivity index (χ3n) is 2.56. The van der Waals surface area contributed by atoms with Crippen molar-refractivity contribution in [2.24, 2.45) is 0 Å². The molecule has 0 radical (unpaired) electrons. The molecular formula is C14H19N3O. The van der Waals surface area contributed by atoms with Crippen molar-refractivity contribution in [3.05, 3.63) is 29.3 Å². The van der Waals surface area contributed by atoms with Crippen molar-refractivity contribution in [2.75, 3.05) is 11.9 Å². The molecule has 96 valence electrons. The molecule has 0 saturated carbocycles. The van der Waals surface area contributed by atoms with Crippen LogP contribution in [-0.2, 0) is 4.79 Å². The Balaban J connectivity index is 2.60. The minimum Gasteiger partial charge on any atom is -0.325 e. The molecule has 0 saturated heterocycles. The molecule has 0 aromatic heterocycles. The summed E-state index contributed by atoms with van der Waals surface area (Å²) in [7, 11) is 0. The highest BCUT2D eigenvalue weighted by Crippen LogP contribution is 2.18. The first-order valence-corrected chi connectivity index (χ1v) is 6.07. The number of benzene rings is 1. The van der Waals surface area contributed by atoms with Crippen LogP contribution in [0.3, 0.4) is 0 Å². The molecule has 0 atom stereocenters. The number of amides is 1. The third kappa shape index (κ3) is 4.19. The molecule has 0 spiro atoms. The average molecular weight is 245 g/mol. The summed E-state index contributed by atoms with van der Waals surface area (Å²) in [4.78, 5) is 11.7. The lowest BCUT2D eigenvalue weighted by Crippen LogP contribution is -2.27. The maximum atomic E-state index is 11.7. The Kier molecular flexibility index (Phi) is 5.34. The van der Waals surface area contributed by atoms with Crippen molar-refractivity contribution in [1.82, 2.24) is 5.32 Å². The zero-order chi connectivity index (χ0) is 13.5. The number of hydrogen-bond acceptors (Lipinski definition) is 3. The summed E-state index contributed by atoms with van der Waals surface area (Å²) in [6.07, 6.45) is 0.400. The van der Waals surface area contributed by atoms with Crippen LogP contribution in [0, 0.1) is 18.3 Å². The number of nitrogens with one attached hydrogen (secondary N) is 2. The molecule has 0 aliphatic heterocycles. The van der Waals surface area contributed by atoms with Gasteiger partial charge in [-0.15, -0.1) is 0 Å². The summed E-state index contributed by atoms with van der Waals surface area (Å²) in [5, 5.41) is 15.0. The highest BCUT2D eigenvalue weighted by molar-refractivity contribution is 5.92. The van der Waals surface area contributed by atoms with Crippen molar-refractivity contribution < 1.29 is 4.79 Å². The van der Waals surface area contributed by atoms with Crippen LogP contribution in [0.1, 0.15) is 31.4 Å². The number of nitriles is 1. The minimum atomic E-state index is -0.0785. The third-order valence-corrected chi connectivity index (χ3v) is 2.56. The maximum Gasteiger partial charge on any atom is 0.225 e. The molecule has 0 fully saturated rings. The number of carbonyl (C=O) groups excluding carboxylic acids is 1. The molecule has 1 aromatic carbocycles.